The van der Waals surface area contributed by atoms with Crippen molar-refractivity contribution in [3.05, 3.63) is 40.3 Å². The van der Waals surface area contributed by atoms with Crippen LogP contribution in [0.4, 0.5) is 0 Å². The van der Waals surface area contributed by atoms with Gasteiger partial charge in [0.25, 0.3) is 0 Å². The third-order valence-electron chi connectivity index (χ3n) is 2.87. The lowest BCUT2D eigenvalue weighted by Crippen LogP contribution is -2.46. The molecule has 1 heterocycles. The summed E-state index contributed by atoms with van der Waals surface area (Å²) in [5, 5.41) is 31.9. The quantitative estimate of drug-likeness (QED) is 0.504. The second kappa shape index (κ2) is 6.88. The summed E-state index contributed by atoms with van der Waals surface area (Å²) in [6.07, 6.45) is -1.93. The van der Waals surface area contributed by atoms with Gasteiger partial charge in [-0.2, -0.15) is 5.26 Å². The summed E-state index contributed by atoms with van der Waals surface area (Å²) in [5.74, 6) is 0.395. The van der Waals surface area contributed by atoms with Crippen LogP contribution in [0.15, 0.2) is 34.3 Å². The number of rotatable bonds is 3. The van der Waals surface area contributed by atoms with Crippen molar-refractivity contribution in [1.82, 2.24) is 0 Å². The maximum Gasteiger partial charge on any atom is 0.0991 e. The molecule has 6 nitrogen and oxygen atoms in total. The number of benzene rings is 1. The standard InChI is InChI=1S/C12H12N4O2S2/c13-5-7-1-3-8(4-2-7)20-12-10(15-16-14)11(18)9(17)6-19-12/h1-4,9-12,17-18H,6H2/t9-,10+,11+,12+/m1/s1. The Labute approximate surface area is 124 Å². The van der Waals surface area contributed by atoms with E-state index in [1.165, 1.54) is 23.5 Å². The van der Waals surface area contributed by atoms with Crippen LogP contribution in [0.2, 0.25) is 0 Å². The molecule has 0 unspecified atom stereocenters. The number of nitriles is 1. The van der Waals surface area contributed by atoms with E-state index in [4.69, 9.17) is 10.8 Å². The van der Waals surface area contributed by atoms with Gasteiger partial charge in [0.1, 0.15) is 0 Å². The normalized spacial score (nSPS) is 29.2. The van der Waals surface area contributed by atoms with E-state index in [1.54, 1.807) is 12.1 Å². The molecule has 1 aliphatic heterocycles. The molecule has 20 heavy (non-hydrogen) atoms. The van der Waals surface area contributed by atoms with Gasteiger partial charge in [-0.15, -0.1) is 23.5 Å². The van der Waals surface area contributed by atoms with Crippen molar-refractivity contribution in [1.29, 1.82) is 5.26 Å². The lowest BCUT2D eigenvalue weighted by atomic mass is 10.1. The lowest BCUT2D eigenvalue weighted by Gasteiger charge is -2.34. The van der Waals surface area contributed by atoms with Crippen LogP contribution in [-0.2, 0) is 0 Å². The Morgan fingerprint density at radius 1 is 1.40 bits per heavy atom. The number of aliphatic hydroxyl groups excluding tert-OH is 2. The predicted molar refractivity (Wildman–Crippen MR) is 78.2 cm³/mol. The van der Waals surface area contributed by atoms with Gasteiger partial charge in [-0.05, 0) is 29.8 Å². The van der Waals surface area contributed by atoms with Gasteiger partial charge in [0.2, 0.25) is 0 Å². The van der Waals surface area contributed by atoms with Crippen molar-refractivity contribution in [2.24, 2.45) is 5.11 Å². The minimum atomic E-state index is -1.05. The molecule has 0 bridgehead atoms. The molecule has 4 atom stereocenters. The molecule has 2 rings (SSSR count). The molecular weight excluding hydrogens is 296 g/mol. The number of hydrogen-bond donors (Lipinski definition) is 2. The Balaban J connectivity index is 2.13. The minimum absolute atomic E-state index is 0.169. The van der Waals surface area contributed by atoms with Gasteiger partial charge in [0, 0.05) is 15.6 Å². The lowest BCUT2D eigenvalue weighted by molar-refractivity contribution is 0.0173. The van der Waals surface area contributed by atoms with E-state index in [9.17, 15) is 10.2 Å². The molecule has 1 aromatic rings. The molecule has 0 radical (unpaired) electrons. The highest BCUT2D eigenvalue weighted by molar-refractivity contribution is 8.17. The summed E-state index contributed by atoms with van der Waals surface area (Å²) < 4.78 is -0.169. The van der Waals surface area contributed by atoms with Crippen LogP contribution in [0.5, 0.6) is 0 Å². The molecule has 0 saturated carbocycles. The Kier molecular flexibility index (Phi) is 5.17. The Morgan fingerprint density at radius 2 is 2.10 bits per heavy atom. The van der Waals surface area contributed by atoms with Crippen LogP contribution in [0.3, 0.4) is 0 Å². The van der Waals surface area contributed by atoms with Gasteiger partial charge >= 0.3 is 0 Å². The fourth-order valence-electron chi connectivity index (χ4n) is 1.81. The van der Waals surface area contributed by atoms with Gasteiger partial charge in [-0.3, -0.25) is 0 Å². The highest BCUT2D eigenvalue weighted by Crippen LogP contribution is 2.39. The second-order valence-corrected chi connectivity index (χ2v) is 6.90. The molecule has 8 heteroatoms. The van der Waals surface area contributed by atoms with Crippen molar-refractivity contribution in [3.63, 3.8) is 0 Å². The highest BCUT2D eigenvalue weighted by atomic mass is 32.2. The van der Waals surface area contributed by atoms with Gasteiger partial charge < -0.3 is 10.2 Å². The molecule has 104 valence electrons. The van der Waals surface area contributed by atoms with Crippen molar-refractivity contribution in [3.8, 4) is 6.07 Å². The van der Waals surface area contributed by atoms with E-state index >= 15 is 0 Å². The molecule has 0 aromatic heterocycles. The van der Waals surface area contributed by atoms with E-state index in [2.05, 4.69) is 10.0 Å². The molecule has 1 fully saturated rings. The zero-order valence-electron chi connectivity index (χ0n) is 10.3. The minimum Gasteiger partial charge on any atom is -0.390 e. The summed E-state index contributed by atoms with van der Waals surface area (Å²) in [7, 11) is 0. The van der Waals surface area contributed by atoms with Crippen molar-refractivity contribution >= 4 is 23.5 Å². The Morgan fingerprint density at radius 3 is 2.70 bits per heavy atom. The molecular formula is C12H12N4O2S2. The van der Waals surface area contributed by atoms with Gasteiger partial charge in [-0.25, -0.2) is 0 Å². The number of azide groups is 1. The van der Waals surface area contributed by atoms with Crippen LogP contribution < -0.4 is 0 Å². The SMILES string of the molecule is N#Cc1ccc(S[C@@H]2SC[C@@H](O)[C@H](O)[C@@H]2N=[N+]=[N-])cc1. The average molecular weight is 308 g/mol. The fourth-order valence-corrected chi connectivity index (χ4v) is 4.56. The fraction of sp³-hybridized carbons (Fsp3) is 0.417. The second-order valence-electron chi connectivity index (χ2n) is 4.21. The van der Waals surface area contributed by atoms with Crippen LogP contribution in [0.1, 0.15) is 5.56 Å². The summed E-state index contributed by atoms with van der Waals surface area (Å²) in [5.41, 5.74) is 9.16. The van der Waals surface area contributed by atoms with E-state index in [0.717, 1.165) is 4.90 Å². The van der Waals surface area contributed by atoms with Crippen molar-refractivity contribution in [2.75, 3.05) is 5.75 Å². The molecule has 0 spiro atoms. The first-order valence-electron chi connectivity index (χ1n) is 5.84. The molecule has 0 aliphatic carbocycles. The van der Waals surface area contributed by atoms with Gasteiger partial charge in [-0.1, -0.05) is 5.11 Å². The topological polar surface area (TPSA) is 113 Å². The van der Waals surface area contributed by atoms with Gasteiger partial charge in [0.15, 0.2) is 0 Å². The Bertz CT molecular complexity index is 554. The number of nitrogens with zero attached hydrogens (tertiary/aromatic N) is 4. The zero-order chi connectivity index (χ0) is 14.5. The molecule has 1 saturated heterocycles. The summed E-state index contributed by atoms with van der Waals surface area (Å²) in [6, 6.07) is 8.41. The van der Waals surface area contributed by atoms with Crippen molar-refractivity contribution in [2.45, 2.75) is 27.7 Å². The first-order valence-corrected chi connectivity index (χ1v) is 7.77. The monoisotopic (exact) mass is 308 g/mol. The Hall–Kier alpha value is -1.36. The predicted octanol–water partition coefficient (Wildman–Crippen LogP) is 2.12. The smallest absolute Gasteiger partial charge is 0.0991 e. The van der Waals surface area contributed by atoms with E-state index in [1.807, 2.05) is 18.2 Å². The van der Waals surface area contributed by atoms with E-state index in [0.29, 0.717) is 11.3 Å². The number of hydrogen-bond acceptors (Lipinski definition) is 6. The summed E-state index contributed by atoms with van der Waals surface area (Å²) >= 11 is 2.91. The third kappa shape index (κ3) is 3.39. The molecule has 2 N–H and O–H groups in total. The van der Waals surface area contributed by atoms with Crippen LogP contribution >= 0.6 is 23.5 Å². The first-order chi connectivity index (χ1) is 9.65. The molecule has 0 amide bonds. The van der Waals surface area contributed by atoms with Crippen LogP contribution in [-0.4, -0.2) is 38.8 Å². The van der Waals surface area contributed by atoms with Crippen molar-refractivity contribution < 1.29 is 10.2 Å². The zero-order valence-corrected chi connectivity index (χ0v) is 12.0. The average Bonchev–Trinajstić information content (AvgIpc) is 2.47. The number of aliphatic hydroxyl groups is 2. The highest BCUT2D eigenvalue weighted by Gasteiger charge is 2.38. The first kappa shape index (κ1) is 15.0. The van der Waals surface area contributed by atoms with E-state index in [-0.39, 0.29) is 4.58 Å². The largest absolute Gasteiger partial charge is 0.390 e. The summed E-state index contributed by atoms with van der Waals surface area (Å²) in [6.45, 7) is 0. The molecule has 1 aliphatic rings. The molecule has 1 aromatic carbocycles. The number of thioether (sulfide) groups is 2. The van der Waals surface area contributed by atoms with Crippen LogP contribution in [0.25, 0.3) is 10.4 Å². The maximum atomic E-state index is 9.91. The van der Waals surface area contributed by atoms with Gasteiger partial charge in [0.05, 0.1) is 34.5 Å². The van der Waals surface area contributed by atoms with E-state index < -0.39 is 18.2 Å². The summed E-state index contributed by atoms with van der Waals surface area (Å²) in [4.78, 5) is 3.67. The maximum absolute atomic E-state index is 9.91. The van der Waals surface area contributed by atoms with Crippen LogP contribution in [0, 0.1) is 11.3 Å². The third-order valence-corrected chi connectivity index (χ3v) is 5.77.